The lowest BCUT2D eigenvalue weighted by atomic mass is 9.90. The number of piperidine rings is 1. The van der Waals surface area contributed by atoms with Crippen molar-refractivity contribution in [3.8, 4) is 11.1 Å². The summed E-state index contributed by atoms with van der Waals surface area (Å²) in [5.41, 5.74) is 4.43. The fourth-order valence-corrected chi connectivity index (χ4v) is 3.43. The molecule has 1 saturated heterocycles. The quantitative estimate of drug-likeness (QED) is 0.786. The molecule has 7 nitrogen and oxygen atoms in total. The van der Waals surface area contributed by atoms with Gasteiger partial charge < -0.3 is 4.90 Å². The van der Waals surface area contributed by atoms with Gasteiger partial charge in [-0.05, 0) is 37.5 Å². The van der Waals surface area contributed by atoms with Crippen molar-refractivity contribution in [2.75, 3.05) is 13.1 Å². The second kappa shape index (κ2) is 7.03. The van der Waals surface area contributed by atoms with Crippen LogP contribution >= 0.6 is 0 Å². The molecule has 3 aromatic heterocycles. The Morgan fingerprint density at radius 3 is 2.81 bits per heavy atom. The van der Waals surface area contributed by atoms with Crippen molar-refractivity contribution in [2.24, 2.45) is 0 Å². The number of aromatic nitrogens is 5. The lowest BCUT2D eigenvalue weighted by Gasteiger charge is -2.32. The van der Waals surface area contributed by atoms with Crippen LogP contribution in [0.15, 0.2) is 43.1 Å². The molecule has 0 spiro atoms. The molecule has 0 unspecified atom stereocenters. The first kappa shape index (κ1) is 16.4. The molecular formula is C19H20N6O. The largest absolute Gasteiger partial charge is 0.337 e. The monoisotopic (exact) mass is 348 g/mol. The number of aryl methyl sites for hydroxylation is 1. The molecule has 1 N–H and O–H groups in total. The van der Waals surface area contributed by atoms with Crippen molar-refractivity contribution in [1.29, 1.82) is 0 Å². The Balaban J connectivity index is 1.55. The highest BCUT2D eigenvalue weighted by Gasteiger charge is 2.28. The van der Waals surface area contributed by atoms with E-state index in [-0.39, 0.29) is 11.8 Å². The molecule has 132 valence electrons. The molecule has 7 heteroatoms. The van der Waals surface area contributed by atoms with E-state index in [2.05, 4.69) is 25.1 Å². The summed E-state index contributed by atoms with van der Waals surface area (Å²) in [6.45, 7) is 3.25. The van der Waals surface area contributed by atoms with Crippen LogP contribution in [-0.4, -0.2) is 49.0 Å². The van der Waals surface area contributed by atoms with Gasteiger partial charge in [-0.2, -0.15) is 5.10 Å². The second-order valence-corrected chi connectivity index (χ2v) is 6.57. The van der Waals surface area contributed by atoms with Gasteiger partial charge in [0.15, 0.2) is 0 Å². The number of hydrogen-bond donors (Lipinski definition) is 1. The van der Waals surface area contributed by atoms with Gasteiger partial charge in [-0.1, -0.05) is 0 Å². The van der Waals surface area contributed by atoms with Crippen LogP contribution in [0, 0.1) is 6.92 Å². The standard InChI is InChI=1S/C19H20N6O/c1-13-9-22-17(11-21-13)19(26)25-8-2-3-15(12-25)18-16(10-23-24-18)14-4-6-20-7-5-14/h4-7,9-11,15H,2-3,8,12H2,1H3,(H,23,24)/t15-/m0/s1. The SMILES string of the molecule is Cc1cnc(C(=O)N2CCC[C@H](c3[nH]ncc3-c3ccncc3)C2)cn1. The van der Waals surface area contributed by atoms with E-state index in [1.807, 2.05) is 30.2 Å². The van der Waals surface area contributed by atoms with Crippen molar-refractivity contribution in [3.63, 3.8) is 0 Å². The highest BCUT2D eigenvalue weighted by atomic mass is 16.2. The minimum absolute atomic E-state index is 0.0628. The third-order valence-corrected chi connectivity index (χ3v) is 4.78. The summed E-state index contributed by atoms with van der Waals surface area (Å²) < 4.78 is 0. The molecule has 3 aromatic rings. The second-order valence-electron chi connectivity index (χ2n) is 6.57. The van der Waals surface area contributed by atoms with Gasteiger partial charge in [0.2, 0.25) is 0 Å². The van der Waals surface area contributed by atoms with Crippen LogP contribution in [0.2, 0.25) is 0 Å². The van der Waals surface area contributed by atoms with E-state index < -0.39 is 0 Å². The molecule has 1 fully saturated rings. The van der Waals surface area contributed by atoms with Crippen LogP contribution in [0.4, 0.5) is 0 Å². The first-order chi connectivity index (χ1) is 12.7. The molecule has 4 heterocycles. The van der Waals surface area contributed by atoms with E-state index in [9.17, 15) is 4.79 Å². The van der Waals surface area contributed by atoms with Gasteiger partial charge in [-0.3, -0.25) is 19.9 Å². The van der Waals surface area contributed by atoms with E-state index in [4.69, 9.17) is 0 Å². The van der Waals surface area contributed by atoms with E-state index in [1.54, 1.807) is 24.8 Å². The predicted octanol–water partition coefficient (Wildman–Crippen LogP) is 2.59. The van der Waals surface area contributed by atoms with Crippen molar-refractivity contribution in [1.82, 2.24) is 30.0 Å². The molecule has 1 aliphatic rings. The van der Waals surface area contributed by atoms with E-state index in [1.165, 1.54) is 0 Å². The van der Waals surface area contributed by atoms with E-state index in [0.29, 0.717) is 12.2 Å². The molecular weight excluding hydrogens is 328 g/mol. The maximum atomic E-state index is 12.8. The Hall–Kier alpha value is -3.09. The molecule has 0 saturated carbocycles. The molecule has 0 radical (unpaired) electrons. The van der Waals surface area contributed by atoms with Crippen molar-refractivity contribution >= 4 is 5.91 Å². The van der Waals surface area contributed by atoms with Crippen molar-refractivity contribution in [3.05, 3.63) is 60.2 Å². The summed E-state index contributed by atoms with van der Waals surface area (Å²) in [5.74, 6) is 0.156. The molecule has 1 atom stereocenters. The zero-order valence-electron chi connectivity index (χ0n) is 14.6. The summed E-state index contributed by atoms with van der Waals surface area (Å²) in [6, 6.07) is 3.95. The number of nitrogens with one attached hydrogen (secondary N) is 1. The summed E-state index contributed by atoms with van der Waals surface area (Å²) >= 11 is 0. The molecule has 26 heavy (non-hydrogen) atoms. The van der Waals surface area contributed by atoms with Gasteiger partial charge in [-0.15, -0.1) is 0 Å². The summed E-state index contributed by atoms with van der Waals surface area (Å²) in [6.07, 6.45) is 10.5. The lowest BCUT2D eigenvalue weighted by molar-refractivity contribution is 0.0699. The van der Waals surface area contributed by atoms with Gasteiger partial charge in [0, 0.05) is 48.9 Å². The number of hydrogen-bond acceptors (Lipinski definition) is 5. The topological polar surface area (TPSA) is 87.7 Å². The number of amides is 1. The number of aromatic amines is 1. The zero-order valence-corrected chi connectivity index (χ0v) is 14.6. The Bertz CT molecular complexity index is 890. The number of rotatable bonds is 3. The number of nitrogens with zero attached hydrogens (tertiary/aromatic N) is 5. The van der Waals surface area contributed by atoms with Crippen molar-refractivity contribution < 1.29 is 4.79 Å². The first-order valence-corrected chi connectivity index (χ1v) is 8.74. The normalized spacial score (nSPS) is 17.3. The smallest absolute Gasteiger partial charge is 0.274 e. The number of pyridine rings is 1. The minimum Gasteiger partial charge on any atom is -0.337 e. The molecule has 0 bridgehead atoms. The average molecular weight is 348 g/mol. The fourth-order valence-electron chi connectivity index (χ4n) is 3.43. The summed E-state index contributed by atoms with van der Waals surface area (Å²) in [5, 5.41) is 7.38. The lowest BCUT2D eigenvalue weighted by Crippen LogP contribution is -2.39. The van der Waals surface area contributed by atoms with Gasteiger partial charge in [-0.25, -0.2) is 4.98 Å². The van der Waals surface area contributed by atoms with E-state index >= 15 is 0 Å². The zero-order chi connectivity index (χ0) is 17.9. The first-order valence-electron chi connectivity index (χ1n) is 8.74. The van der Waals surface area contributed by atoms with Crippen molar-refractivity contribution in [2.45, 2.75) is 25.7 Å². The van der Waals surface area contributed by atoms with Crippen LogP contribution in [-0.2, 0) is 0 Å². The fraction of sp³-hybridized carbons (Fsp3) is 0.316. The van der Waals surface area contributed by atoms with Crippen LogP contribution < -0.4 is 0 Å². The summed E-state index contributed by atoms with van der Waals surface area (Å²) in [7, 11) is 0. The Kier molecular flexibility index (Phi) is 4.43. The van der Waals surface area contributed by atoms with Crippen LogP contribution in [0.5, 0.6) is 0 Å². The van der Waals surface area contributed by atoms with E-state index in [0.717, 1.165) is 41.9 Å². The minimum atomic E-state index is -0.0628. The maximum Gasteiger partial charge on any atom is 0.274 e. The van der Waals surface area contributed by atoms with Gasteiger partial charge >= 0.3 is 0 Å². The number of likely N-dealkylation sites (tertiary alicyclic amines) is 1. The molecule has 0 aromatic carbocycles. The highest BCUT2D eigenvalue weighted by molar-refractivity contribution is 5.92. The molecule has 1 amide bonds. The van der Waals surface area contributed by atoms with Crippen LogP contribution in [0.25, 0.3) is 11.1 Å². The summed E-state index contributed by atoms with van der Waals surface area (Å²) in [4.78, 5) is 27.1. The van der Waals surface area contributed by atoms with Crippen LogP contribution in [0.1, 0.15) is 40.6 Å². The Labute approximate surface area is 151 Å². The molecule has 4 rings (SSSR count). The Morgan fingerprint density at radius 1 is 1.19 bits per heavy atom. The number of carbonyl (C=O) groups excluding carboxylic acids is 1. The number of carbonyl (C=O) groups is 1. The Morgan fingerprint density at radius 2 is 2.04 bits per heavy atom. The molecule has 0 aliphatic carbocycles. The number of H-pyrrole nitrogens is 1. The van der Waals surface area contributed by atoms with Gasteiger partial charge in [0.25, 0.3) is 5.91 Å². The van der Waals surface area contributed by atoms with Gasteiger partial charge in [0.1, 0.15) is 5.69 Å². The predicted molar refractivity (Wildman–Crippen MR) is 96.5 cm³/mol. The average Bonchev–Trinajstić information content (AvgIpc) is 3.19. The van der Waals surface area contributed by atoms with Gasteiger partial charge in [0.05, 0.1) is 18.1 Å². The molecule has 1 aliphatic heterocycles. The third kappa shape index (κ3) is 3.20. The third-order valence-electron chi connectivity index (χ3n) is 4.78. The highest BCUT2D eigenvalue weighted by Crippen LogP contribution is 2.33. The maximum absolute atomic E-state index is 12.8. The van der Waals surface area contributed by atoms with Crippen LogP contribution in [0.3, 0.4) is 0 Å².